The monoisotopic (exact) mass is 313 g/mol. The number of carbonyl (C=O) groups is 1. The number of nitrogens with one attached hydrogen (secondary N) is 1. The number of rotatable bonds is 3. The minimum Gasteiger partial charge on any atom is -0.395 e. The molecular weight excluding hydrogens is 298 g/mol. The number of aliphatic hydroxyl groups is 1. The van der Waals surface area contributed by atoms with Crippen LogP contribution in [0.2, 0.25) is 0 Å². The van der Waals surface area contributed by atoms with Crippen LogP contribution in [0.5, 0.6) is 0 Å². The van der Waals surface area contributed by atoms with Crippen molar-refractivity contribution in [1.29, 1.82) is 0 Å². The van der Waals surface area contributed by atoms with Gasteiger partial charge in [0.05, 0.1) is 18.1 Å². The van der Waals surface area contributed by atoms with Crippen LogP contribution in [0.3, 0.4) is 0 Å². The highest BCUT2D eigenvalue weighted by Gasteiger charge is 2.29. The van der Waals surface area contributed by atoms with Crippen molar-refractivity contribution in [2.45, 2.75) is 18.9 Å². The van der Waals surface area contributed by atoms with E-state index in [1.165, 1.54) is 11.3 Å². The zero-order valence-corrected chi connectivity index (χ0v) is 12.4. The Labute approximate surface area is 121 Å². The van der Waals surface area contributed by atoms with Gasteiger partial charge < -0.3 is 10.4 Å². The lowest BCUT2D eigenvalue weighted by Gasteiger charge is -2.09. The highest BCUT2D eigenvalue weighted by molar-refractivity contribution is 7.91. The van der Waals surface area contributed by atoms with E-state index in [1.807, 2.05) is 0 Å². The topological polar surface area (TPSA) is 83.5 Å². The van der Waals surface area contributed by atoms with Crippen LogP contribution < -0.4 is 5.32 Å². The molecule has 7 heteroatoms. The van der Waals surface area contributed by atoms with Crippen LogP contribution in [0.4, 0.5) is 0 Å². The van der Waals surface area contributed by atoms with Gasteiger partial charge in [-0.3, -0.25) is 4.79 Å². The molecule has 1 fully saturated rings. The van der Waals surface area contributed by atoms with Gasteiger partial charge in [-0.15, -0.1) is 11.3 Å². The second kappa shape index (κ2) is 6.39. The zero-order chi connectivity index (χ0) is 14.6. The molecule has 1 aliphatic rings. The maximum Gasteiger partial charge on any atom is 0.262 e. The van der Waals surface area contributed by atoms with Gasteiger partial charge in [0.2, 0.25) is 0 Å². The molecule has 108 valence electrons. The van der Waals surface area contributed by atoms with Gasteiger partial charge in [-0.05, 0) is 17.9 Å². The van der Waals surface area contributed by atoms with E-state index in [-0.39, 0.29) is 30.1 Å². The van der Waals surface area contributed by atoms with Gasteiger partial charge in [-0.2, -0.15) is 0 Å². The highest BCUT2D eigenvalue weighted by atomic mass is 32.2. The second-order valence-corrected chi connectivity index (χ2v) is 7.66. The Morgan fingerprint density at radius 1 is 1.55 bits per heavy atom. The lowest BCUT2D eigenvalue weighted by atomic mass is 10.2. The summed E-state index contributed by atoms with van der Waals surface area (Å²) < 4.78 is 22.7. The third-order valence-electron chi connectivity index (χ3n) is 2.90. The third-order valence-corrected chi connectivity index (χ3v) is 5.58. The fraction of sp³-hybridized carbons (Fsp3) is 0.462. The fourth-order valence-electron chi connectivity index (χ4n) is 1.96. The molecule has 20 heavy (non-hydrogen) atoms. The Kier molecular flexibility index (Phi) is 4.81. The van der Waals surface area contributed by atoms with Crippen molar-refractivity contribution in [2.75, 3.05) is 18.1 Å². The van der Waals surface area contributed by atoms with E-state index in [0.717, 1.165) is 0 Å². The normalized spacial score (nSPS) is 20.1. The van der Waals surface area contributed by atoms with Crippen LogP contribution in [-0.2, 0) is 9.84 Å². The minimum absolute atomic E-state index is 0.00956. The van der Waals surface area contributed by atoms with Gasteiger partial charge in [-0.1, -0.05) is 11.8 Å². The molecule has 2 rings (SSSR count). The van der Waals surface area contributed by atoms with Crippen molar-refractivity contribution in [2.24, 2.45) is 0 Å². The van der Waals surface area contributed by atoms with Crippen molar-refractivity contribution in [3.63, 3.8) is 0 Å². The standard InChI is InChI=1S/C13H15NO4S2/c15-6-2-1-3-10-4-7-19-12(10)13(16)14-11-5-8-20(17,18)9-11/h4,7,11,15H,2,5-6,8-9H2,(H,14,16). The predicted molar refractivity (Wildman–Crippen MR) is 77.4 cm³/mol. The molecule has 5 nitrogen and oxygen atoms in total. The summed E-state index contributed by atoms with van der Waals surface area (Å²) in [6.45, 7) is -0.0153. The number of amides is 1. The van der Waals surface area contributed by atoms with Crippen LogP contribution in [0.15, 0.2) is 11.4 Å². The smallest absolute Gasteiger partial charge is 0.262 e. The Bertz CT molecular complexity index is 651. The minimum atomic E-state index is -3.00. The van der Waals surface area contributed by atoms with E-state index < -0.39 is 9.84 Å². The molecule has 0 saturated carbocycles. The van der Waals surface area contributed by atoms with Gasteiger partial charge in [0, 0.05) is 18.0 Å². The second-order valence-electron chi connectivity index (χ2n) is 4.51. The first-order chi connectivity index (χ1) is 9.52. The van der Waals surface area contributed by atoms with E-state index in [0.29, 0.717) is 23.3 Å². The van der Waals surface area contributed by atoms with E-state index in [2.05, 4.69) is 17.2 Å². The number of thiophene rings is 1. The SMILES string of the molecule is O=C(NC1CCS(=O)(=O)C1)c1sccc1C#CCCO. The number of aliphatic hydroxyl groups excluding tert-OH is 1. The molecule has 1 saturated heterocycles. The first-order valence-electron chi connectivity index (χ1n) is 6.20. The van der Waals surface area contributed by atoms with Crippen molar-refractivity contribution in [3.05, 3.63) is 21.9 Å². The molecule has 1 unspecified atom stereocenters. The number of hydrogen-bond acceptors (Lipinski definition) is 5. The molecule has 0 aromatic carbocycles. The van der Waals surface area contributed by atoms with E-state index in [1.54, 1.807) is 11.4 Å². The molecule has 1 aliphatic heterocycles. The van der Waals surface area contributed by atoms with E-state index >= 15 is 0 Å². The van der Waals surface area contributed by atoms with Crippen LogP contribution in [-0.4, -0.2) is 43.6 Å². The number of carbonyl (C=O) groups excluding carboxylic acids is 1. The Morgan fingerprint density at radius 2 is 2.35 bits per heavy atom. The third kappa shape index (κ3) is 3.82. The molecule has 1 atom stereocenters. The van der Waals surface area contributed by atoms with Crippen LogP contribution in [0.25, 0.3) is 0 Å². The molecule has 1 amide bonds. The zero-order valence-electron chi connectivity index (χ0n) is 10.8. The van der Waals surface area contributed by atoms with Gasteiger partial charge in [0.25, 0.3) is 5.91 Å². The van der Waals surface area contributed by atoms with Gasteiger partial charge in [0.1, 0.15) is 4.88 Å². The number of sulfone groups is 1. The lowest BCUT2D eigenvalue weighted by molar-refractivity contribution is 0.0945. The van der Waals surface area contributed by atoms with Crippen LogP contribution >= 0.6 is 11.3 Å². The first kappa shape index (κ1) is 15.0. The van der Waals surface area contributed by atoms with E-state index in [9.17, 15) is 13.2 Å². The summed E-state index contributed by atoms with van der Waals surface area (Å²) in [7, 11) is -3.00. The maximum atomic E-state index is 12.1. The summed E-state index contributed by atoms with van der Waals surface area (Å²) in [6, 6.07) is 1.43. The Balaban J connectivity index is 2.04. The number of hydrogen-bond donors (Lipinski definition) is 2. The van der Waals surface area contributed by atoms with Crippen molar-refractivity contribution in [1.82, 2.24) is 5.32 Å². The van der Waals surface area contributed by atoms with Crippen LogP contribution in [0, 0.1) is 11.8 Å². The quantitative estimate of drug-likeness (QED) is 0.791. The summed E-state index contributed by atoms with van der Waals surface area (Å²) in [5.41, 5.74) is 0.613. The van der Waals surface area contributed by atoms with E-state index in [4.69, 9.17) is 5.11 Å². The molecule has 0 bridgehead atoms. The summed E-state index contributed by atoms with van der Waals surface area (Å²) >= 11 is 1.27. The molecule has 0 aliphatic carbocycles. The summed E-state index contributed by atoms with van der Waals surface area (Å²) in [5, 5.41) is 13.2. The van der Waals surface area contributed by atoms with Crippen molar-refractivity contribution < 1.29 is 18.3 Å². The molecule has 0 radical (unpaired) electrons. The fourth-order valence-corrected chi connectivity index (χ4v) is 4.38. The van der Waals surface area contributed by atoms with Gasteiger partial charge in [-0.25, -0.2) is 8.42 Å². The molecule has 1 aromatic rings. The first-order valence-corrected chi connectivity index (χ1v) is 8.90. The maximum absolute atomic E-state index is 12.1. The van der Waals surface area contributed by atoms with Gasteiger partial charge in [0.15, 0.2) is 9.84 Å². The summed E-state index contributed by atoms with van der Waals surface area (Å²) in [5.74, 6) is 5.47. The van der Waals surface area contributed by atoms with Crippen molar-refractivity contribution in [3.8, 4) is 11.8 Å². The summed E-state index contributed by atoms with van der Waals surface area (Å²) in [4.78, 5) is 12.6. The highest BCUT2D eigenvalue weighted by Crippen LogP contribution is 2.18. The molecule has 0 spiro atoms. The lowest BCUT2D eigenvalue weighted by Crippen LogP contribution is -2.35. The Morgan fingerprint density at radius 3 is 3.00 bits per heavy atom. The average Bonchev–Trinajstić information content (AvgIpc) is 2.96. The van der Waals surface area contributed by atoms with Gasteiger partial charge >= 0.3 is 0 Å². The Hall–Kier alpha value is -1.36. The van der Waals surface area contributed by atoms with Crippen LogP contribution in [0.1, 0.15) is 28.1 Å². The average molecular weight is 313 g/mol. The molecule has 2 N–H and O–H groups in total. The largest absolute Gasteiger partial charge is 0.395 e. The molecular formula is C13H15NO4S2. The molecule has 1 aromatic heterocycles. The van der Waals surface area contributed by atoms with Crippen molar-refractivity contribution >= 4 is 27.1 Å². The molecule has 2 heterocycles. The summed E-state index contributed by atoms with van der Waals surface area (Å²) in [6.07, 6.45) is 0.822. The predicted octanol–water partition coefficient (Wildman–Crippen LogP) is 0.399.